The van der Waals surface area contributed by atoms with Crippen LogP contribution in [-0.4, -0.2) is 44.6 Å². The van der Waals surface area contributed by atoms with Gasteiger partial charge in [-0.2, -0.15) is 13.2 Å². The summed E-state index contributed by atoms with van der Waals surface area (Å²) in [6, 6.07) is 8.56. The van der Waals surface area contributed by atoms with E-state index in [2.05, 4.69) is 10.2 Å². The molecule has 6 nitrogen and oxygen atoms in total. The van der Waals surface area contributed by atoms with Crippen LogP contribution in [0.3, 0.4) is 0 Å². The summed E-state index contributed by atoms with van der Waals surface area (Å²) >= 11 is 0. The smallest absolute Gasteiger partial charge is 0.318 e. The molecule has 1 aromatic heterocycles. The molecule has 3 aliphatic rings. The number of fused-ring (bicyclic) bond motifs is 1. The van der Waals surface area contributed by atoms with E-state index in [9.17, 15) is 26.7 Å². The zero-order valence-electron chi connectivity index (χ0n) is 21.0. The molecule has 0 spiro atoms. The standard InChI is InChI=1S/C27H25F6N5O/c1-36-15-34-35-23(36)22(28)25(13-26(29,30)14-25)17-4-2-5-18(10-17)38-12-20-19(24(38)39)8-16(11-37-6-3-7-37)9-21(20)27(31,32)33/h2,4-5,8-10,15,22H,3,6-7,11-14H2,1H3/t22-/m1/s1. The molecule has 1 saturated heterocycles. The third kappa shape index (κ3) is 4.29. The highest BCUT2D eigenvalue weighted by molar-refractivity contribution is 6.10. The first-order valence-electron chi connectivity index (χ1n) is 12.6. The Kier molecular flexibility index (Phi) is 5.83. The number of amides is 1. The molecule has 39 heavy (non-hydrogen) atoms. The van der Waals surface area contributed by atoms with Crippen molar-refractivity contribution in [1.29, 1.82) is 0 Å². The van der Waals surface area contributed by atoms with Crippen LogP contribution in [0.1, 0.15) is 63.9 Å². The SMILES string of the molecule is Cn1cnnc1[C@@H](F)C1(c2cccc(N3Cc4c(cc(CN5CCC5)cc4C(F)(F)F)C3=O)c2)CC(F)(F)C1. The number of rotatable bonds is 6. The number of carbonyl (C=O) groups is 1. The Morgan fingerprint density at radius 1 is 1.10 bits per heavy atom. The Balaban J connectivity index is 1.36. The van der Waals surface area contributed by atoms with Crippen LogP contribution in [0.5, 0.6) is 0 Å². The number of carbonyl (C=O) groups excluding carboxylic acids is 1. The summed E-state index contributed by atoms with van der Waals surface area (Å²) < 4.78 is 87.7. The summed E-state index contributed by atoms with van der Waals surface area (Å²) in [5, 5.41) is 7.42. The van der Waals surface area contributed by atoms with E-state index in [1.165, 1.54) is 53.2 Å². The minimum Gasteiger partial charge on any atom is -0.318 e. The fourth-order valence-corrected chi connectivity index (χ4v) is 5.97. The van der Waals surface area contributed by atoms with Gasteiger partial charge in [0.15, 0.2) is 12.0 Å². The number of hydrogen-bond acceptors (Lipinski definition) is 4. The molecule has 2 aliphatic heterocycles. The predicted molar refractivity (Wildman–Crippen MR) is 129 cm³/mol. The normalized spacial score (nSPS) is 20.9. The molecule has 1 atom stereocenters. The Morgan fingerprint density at radius 3 is 2.44 bits per heavy atom. The van der Waals surface area contributed by atoms with Gasteiger partial charge in [0.2, 0.25) is 5.92 Å². The molecule has 0 radical (unpaired) electrons. The van der Waals surface area contributed by atoms with Crippen molar-refractivity contribution < 1.29 is 31.1 Å². The van der Waals surface area contributed by atoms with Gasteiger partial charge < -0.3 is 9.47 Å². The average Bonchev–Trinajstić information content (AvgIpc) is 3.41. The van der Waals surface area contributed by atoms with E-state index in [0.29, 0.717) is 12.1 Å². The second-order valence-corrected chi connectivity index (χ2v) is 10.8. The molecular weight excluding hydrogens is 524 g/mol. The van der Waals surface area contributed by atoms with Crippen molar-refractivity contribution in [2.75, 3.05) is 18.0 Å². The third-order valence-corrected chi connectivity index (χ3v) is 8.10. The number of aryl methyl sites for hydroxylation is 1. The fraction of sp³-hybridized carbons (Fsp3) is 0.444. The number of hydrogen-bond donors (Lipinski definition) is 0. The van der Waals surface area contributed by atoms with E-state index >= 15 is 4.39 Å². The maximum Gasteiger partial charge on any atom is 0.416 e. The van der Waals surface area contributed by atoms with Crippen molar-refractivity contribution in [3.05, 3.63) is 76.4 Å². The largest absolute Gasteiger partial charge is 0.416 e. The van der Waals surface area contributed by atoms with Crippen LogP contribution in [0.4, 0.5) is 32.0 Å². The van der Waals surface area contributed by atoms with Crippen molar-refractivity contribution >= 4 is 11.6 Å². The van der Waals surface area contributed by atoms with Crippen LogP contribution in [0, 0.1) is 0 Å². The van der Waals surface area contributed by atoms with E-state index in [0.717, 1.165) is 25.6 Å². The first kappa shape index (κ1) is 25.8. The quantitative estimate of drug-likeness (QED) is 0.377. The van der Waals surface area contributed by atoms with E-state index in [1.54, 1.807) is 0 Å². The molecule has 6 rings (SSSR count). The van der Waals surface area contributed by atoms with Crippen LogP contribution in [0.2, 0.25) is 0 Å². The monoisotopic (exact) mass is 549 g/mol. The zero-order valence-corrected chi connectivity index (χ0v) is 21.0. The molecule has 0 unspecified atom stereocenters. The zero-order chi connectivity index (χ0) is 27.7. The molecule has 0 bridgehead atoms. The Bertz CT molecular complexity index is 1440. The molecule has 1 amide bonds. The third-order valence-electron chi connectivity index (χ3n) is 8.10. The van der Waals surface area contributed by atoms with E-state index in [1.807, 2.05) is 4.90 Å². The molecular formula is C27H25F6N5O. The average molecular weight is 550 g/mol. The number of nitrogens with zero attached hydrogens (tertiary/aromatic N) is 5. The van der Waals surface area contributed by atoms with Gasteiger partial charge in [0, 0.05) is 43.1 Å². The highest BCUT2D eigenvalue weighted by Crippen LogP contribution is 2.60. The summed E-state index contributed by atoms with van der Waals surface area (Å²) in [6.45, 7) is 1.56. The first-order valence-corrected chi connectivity index (χ1v) is 12.6. The minimum absolute atomic E-state index is 0.0295. The summed E-state index contributed by atoms with van der Waals surface area (Å²) in [6.07, 6.45) is -5.87. The lowest BCUT2D eigenvalue weighted by Gasteiger charge is -2.49. The molecule has 12 heteroatoms. The molecule has 206 valence electrons. The molecule has 1 aliphatic carbocycles. The molecule has 0 N–H and O–H groups in total. The van der Waals surface area contributed by atoms with Gasteiger partial charge in [0.05, 0.1) is 12.1 Å². The van der Waals surface area contributed by atoms with E-state index in [-0.39, 0.29) is 34.7 Å². The van der Waals surface area contributed by atoms with Gasteiger partial charge in [-0.15, -0.1) is 10.2 Å². The van der Waals surface area contributed by atoms with Crippen molar-refractivity contribution in [3.8, 4) is 0 Å². The van der Waals surface area contributed by atoms with Gasteiger partial charge in [-0.3, -0.25) is 9.69 Å². The van der Waals surface area contributed by atoms with Gasteiger partial charge in [-0.05, 0) is 60.5 Å². The van der Waals surface area contributed by atoms with Gasteiger partial charge >= 0.3 is 6.18 Å². The molecule has 3 aromatic rings. The number of alkyl halides is 6. The van der Waals surface area contributed by atoms with Crippen LogP contribution >= 0.6 is 0 Å². The highest BCUT2D eigenvalue weighted by Gasteiger charge is 2.62. The number of aromatic nitrogens is 3. The number of halogens is 6. The van der Waals surface area contributed by atoms with E-state index in [4.69, 9.17) is 0 Å². The summed E-state index contributed by atoms with van der Waals surface area (Å²) in [4.78, 5) is 16.6. The lowest BCUT2D eigenvalue weighted by molar-refractivity contribution is -0.151. The van der Waals surface area contributed by atoms with Crippen LogP contribution in [0.15, 0.2) is 42.7 Å². The topological polar surface area (TPSA) is 54.3 Å². The maximum atomic E-state index is 15.9. The summed E-state index contributed by atoms with van der Waals surface area (Å²) in [5.74, 6) is -3.81. The van der Waals surface area contributed by atoms with Gasteiger partial charge in [0.1, 0.15) is 6.33 Å². The predicted octanol–water partition coefficient (Wildman–Crippen LogP) is 5.58. The van der Waals surface area contributed by atoms with Crippen molar-refractivity contribution in [1.82, 2.24) is 19.7 Å². The van der Waals surface area contributed by atoms with Crippen LogP contribution in [-0.2, 0) is 31.7 Å². The summed E-state index contributed by atoms with van der Waals surface area (Å²) in [7, 11) is 1.51. The maximum absolute atomic E-state index is 15.9. The molecule has 3 heterocycles. The van der Waals surface area contributed by atoms with Crippen LogP contribution in [0.25, 0.3) is 0 Å². The molecule has 2 aromatic carbocycles. The van der Waals surface area contributed by atoms with Crippen molar-refractivity contribution in [2.24, 2.45) is 7.05 Å². The Morgan fingerprint density at radius 2 is 1.85 bits per heavy atom. The Hall–Kier alpha value is -3.41. The summed E-state index contributed by atoms with van der Waals surface area (Å²) in [5.41, 5.74) is -1.80. The van der Waals surface area contributed by atoms with Gasteiger partial charge in [-0.1, -0.05) is 12.1 Å². The second-order valence-electron chi connectivity index (χ2n) is 10.8. The number of likely N-dealkylation sites (tertiary alicyclic amines) is 1. The second kappa shape index (κ2) is 8.80. The lowest BCUT2D eigenvalue weighted by atomic mass is 9.59. The molecule has 1 saturated carbocycles. The number of anilines is 1. The Labute approximate surface area is 220 Å². The molecule has 2 fully saturated rings. The number of benzene rings is 2. The van der Waals surface area contributed by atoms with Crippen LogP contribution < -0.4 is 4.90 Å². The first-order chi connectivity index (χ1) is 18.4. The van der Waals surface area contributed by atoms with Crippen molar-refractivity contribution in [2.45, 2.75) is 56.0 Å². The fourth-order valence-electron chi connectivity index (χ4n) is 5.97. The highest BCUT2D eigenvalue weighted by atomic mass is 19.4. The van der Waals surface area contributed by atoms with Gasteiger partial charge in [0.25, 0.3) is 5.91 Å². The van der Waals surface area contributed by atoms with Gasteiger partial charge in [-0.25, -0.2) is 13.2 Å². The van der Waals surface area contributed by atoms with E-state index < -0.39 is 48.0 Å². The van der Waals surface area contributed by atoms with Crippen molar-refractivity contribution in [3.63, 3.8) is 0 Å². The lowest BCUT2D eigenvalue weighted by Crippen LogP contribution is -2.52. The minimum atomic E-state index is -4.66.